The van der Waals surface area contributed by atoms with Crippen molar-refractivity contribution < 1.29 is 9.84 Å². The van der Waals surface area contributed by atoms with Gasteiger partial charge in [-0.2, -0.15) is 0 Å². The Labute approximate surface area is 88.5 Å². The van der Waals surface area contributed by atoms with Crippen LogP contribution in [0.25, 0.3) is 0 Å². The molecule has 0 saturated heterocycles. The summed E-state index contributed by atoms with van der Waals surface area (Å²) in [5.41, 5.74) is 5.45. The van der Waals surface area contributed by atoms with Crippen molar-refractivity contribution in [3.05, 3.63) is 12.4 Å². The van der Waals surface area contributed by atoms with Gasteiger partial charge in [0.25, 0.3) is 0 Å². The van der Waals surface area contributed by atoms with E-state index < -0.39 is 6.10 Å². The van der Waals surface area contributed by atoms with Crippen LogP contribution in [0.4, 0.5) is 11.6 Å². The summed E-state index contributed by atoms with van der Waals surface area (Å²) in [6.07, 6.45) is 3.19. The molecule has 0 fully saturated rings. The molecule has 1 atom stereocenters. The molecular formula is C9H16N4O2. The first-order chi connectivity index (χ1) is 7.22. The summed E-state index contributed by atoms with van der Waals surface area (Å²) in [4.78, 5) is 7.89. The van der Waals surface area contributed by atoms with Gasteiger partial charge in [0.2, 0.25) is 0 Å². The fourth-order valence-electron chi connectivity index (χ4n) is 1.11. The highest BCUT2D eigenvalue weighted by Gasteiger charge is 2.02. The van der Waals surface area contributed by atoms with Gasteiger partial charge in [-0.25, -0.2) is 4.98 Å². The lowest BCUT2D eigenvalue weighted by Gasteiger charge is -2.10. The van der Waals surface area contributed by atoms with E-state index in [1.54, 1.807) is 13.3 Å². The van der Waals surface area contributed by atoms with Crippen LogP contribution in [0.15, 0.2) is 12.4 Å². The van der Waals surface area contributed by atoms with Gasteiger partial charge in [0.15, 0.2) is 0 Å². The summed E-state index contributed by atoms with van der Waals surface area (Å²) in [5.74, 6) is 0.983. The average molecular weight is 212 g/mol. The van der Waals surface area contributed by atoms with Crippen LogP contribution in [-0.2, 0) is 4.74 Å². The van der Waals surface area contributed by atoms with E-state index in [1.807, 2.05) is 0 Å². The maximum Gasteiger partial charge on any atom is 0.146 e. The molecule has 15 heavy (non-hydrogen) atoms. The van der Waals surface area contributed by atoms with Crippen molar-refractivity contribution in [3.63, 3.8) is 0 Å². The van der Waals surface area contributed by atoms with Crippen LogP contribution in [0.3, 0.4) is 0 Å². The third-order valence-corrected chi connectivity index (χ3v) is 1.80. The van der Waals surface area contributed by atoms with E-state index in [9.17, 15) is 5.11 Å². The van der Waals surface area contributed by atoms with Crippen molar-refractivity contribution in [1.82, 2.24) is 9.97 Å². The zero-order chi connectivity index (χ0) is 11.1. The van der Waals surface area contributed by atoms with Crippen LogP contribution in [0.2, 0.25) is 0 Å². The predicted octanol–water partition coefficient (Wildman–Crippen LogP) is -0.132. The quantitative estimate of drug-likeness (QED) is 0.608. The Morgan fingerprint density at radius 2 is 2.40 bits per heavy atom. The van der Waals surface area contributed by atoms with Crippen LogP contribution < -0.4 is 11.1 Å². The second kappa shape index (κ2) is 6.15. The fourth-order valence-corrected chi connectivity index (χ4v) is 1.11. The van der Waals surface area contributed by atoms with Gasteiger partial charge in [-0.3, -0.25) is 4.98 Å². The molecule has 1 rings (SSSR count). The van der Waals surface area contributed by atoms with Gasteiger partial charge >= 0.3 is 0 Å². The Bertz CT molecular complexity index is 295. The zero-order valence-corrected chi connectivity index (χ0v) is 8.68. The van der Waals surface area contributed by atoms with E-state index in [4.69, 9.17) is 10.5 Å². The Hall–Kier alpha value is -1.40. The summed E-state index contributed by atoms with van der Waals surface area (Å²) in [7, 11) is 1.56. The molecule has 0 aliphatic rings. The molecule has 4 N–H and O–H groups in total. The zero-order valence-electron chi connectivity index (χ0n) is 8.68. The number of methoxy groups -OCH3 is 1. The molecule has 6 heteroatoms. The summed E-state index contributed by atoms with van der Waals surface area (Å²) >= 11 is 0. The highest BCUT2D eigenvalue weighted by molar-refractivity contribution is 5.38. The van der Waals surface area contributed by atoms with Gasteiger partial charge in [-0.05, 0) is 6.42 Å². The maximum absolute atomic E-state index is 9.36. The SMILES string of the molecule is COCC(O)CCNc1cncc(N)n1. The molecule has 0 aliphatic carbocycles. The van der Waals surface area contributed by atoms with Crippen molar-refractivity contribution in [3.8, 4) is 0 Å². The monoisotopic (exact) mass is 212 g/mol. The summed E-state index contributed by atoms with van der Waals surface area (Å²) < 4.78 is 4.80. The van der Waals surface area contributed by atoms with Gasteiger partial charge in [0.05, 0.1) is 25.1 Å². The number of anilines is 2. The Morgan fingerprint density at radius 1 is 1.60 bits per heavy atom. The van der Waals surface area contributed by atoms with Crippen LogP contribution >= 0.6 is 0 Å². The van der Waals surface area contributed by atoms with Crippen molar-refractivity contribution >= 4 is 11.6 Å². The van der Waals surface area contributed by atoms with E-state index in [-0.39, 0.29) is 0 Å². The molecule has 1 unspecified atom stereocenters. The number of aliphatic hydroxyl groups is 1. The van der Waals surface area contributed by atoms with Gasteiger partial charge in [-0.1, -0.05) is 0 Å². The molecule has 0 spiro atoms. The van der Waals surface area contributed by atoms with Crippen LogP contribution in [-0.4, -0.2) is 41.4 Å². The van der Waals surface area contributed by atoms with E-state index in [0.717, 1.165) is 0 Å². The van der Waals surface area contributed by atoms with E-state index in [2.05, 4.69) is 15.3 Å². The predicted molar refractivity (Wildman–Crippen MR) is 57.4 cm³/mol. The van der Waals surface area contributed by atoms with Crippen LogP contribution in [0, 0.1) is 0 Å². The minimum absolute atomic E-state index is 0.338. The minimum Gasteiger partial charge on any atom is -0.391 e. The first-order valence-corrected chi connectivity index (χ1v) is 4.70. The van der Waals surface area contributed by atoms with Crippen LogP contribution in [0.5, 0.6) is 0 Å². The molecule has 1 aromatic heterocycles. The molecule has 6 nitrogen and oxygen atoms in total. The number of hydrogen-bond acceptors (Lipinski definition) is 6. The number of aromatic nitrogens is 2. The smallest absolute Gasteiger partial charge is 0.146 e. The molecule has 0 aromatic carbocycles. The van der Waals surface area contributed by atoms with Crippen molar-refractivity contribution in [2.45, 2.75) is 12.5 Å². The molecule has 0 amide bonds. The summed E-state index contributed by atoms with van der Waals surface area (Å²) in [6.45, 7) is 0.937. The molecule has 1 aromatic rings. The molecule has 84 valence electrons. The lowest BCUT2D eigenvalue weighted by atomic mass is 10.3. The number of nitrogens with one attached hydrogen (secondary N) is 1. The number of nitrogens with zero attached hydrogens (tertiary/aromatic N) is 2. The van der Waals surface area contributed by atoms with Crippen molar-refractivity contribution in [1.29, 1.82) is 0 Å². The van der Waals surface area contributed by atoms with Gasteiger partial charge in [0, 0.05) is 13.7 Å². The number of nitrogen functional groups attached to an aromatic ring is 1. The second-order valence-corrected chi connectivity index (χ2v) is 3.15. The maximum atomic E-state index is 9.36. The number of rotatable bonds is 6. The minimum atomic E-state index is -0.462. The van der Waals surface area contributed by atoms with Gasteiger partial charge < -0.3 is 20.9 Å². The molecule has 0 saturated carbocycles. The number of hydrogen-bond donors (Lipinski definition) is 3. The first kappa shape index (κ1) is 11.7. The van der Waals surface area contributed by atoms with Gasteiger partial charge in [0.1, 0.15) is 11.6 Å². The number of aliphatic hydroxyl groups excluding tert-OH is 1. The van der Waals surface area contributed by atoms with E-state index in [0.29, 0.717) is 31.2 Å². The molecular weight excluding hydrogens is 196 g/mol. The van der Waals surface area contributed by atoms with Gasteiger partial charge in [-0.15, -0.1) is 0 Å². The number of ether oxygens (including phenoxy) is 1. The van der Waals surface area contributed by atoms with E-state index >= 15 is 0 Å². The molecule has 1 heterocycles. The lowest BCUT2D eigenvalue weighted by molar-refractivity contribution is 0.0615. The third kappa shape index (κ3) is 4.57. The lowest BCUT2D eigenvalue weighted by Crippen LogP contribution is -2.18. The normalized spacial score (nSPS) is 12.4. The van der Waals surface area contributed by atoms with E-state index in [1.165, 1.54) is 6.20 Å². The highest BCUT2D eigenvalue weighted by atomic mass is 16.5. The Balaban J connectivity index is 2.25. The highest BCUT2D eigenvalue weighted by Crippen LogP contribution is 2.03. The third-order valence-electron chi connectivity index (χ3n) is 1.80. The fraction of sp³-hybridized carbons (Fsp3) is 0.556. The molecule has 0 aliphatic heterocycles. The molecule has 0 bridgehead atoms. The van der Waals surface area contributed by atoms with Crippen LogP contribution in [0.1, 0.15) is 6.42 Å². The standard InChI is InChI=1S/C9H16N4O2/c1-15-6-7(14)2-3-12-9-5-11-4-8(10)13-9/h4-5,7,14H,2-3,6H2,1H3,(H3,10,12,13). The Kier molecular flexibility index (Phi) is 4.79. The average Bonchev–Trinajstić information content (AvgIpc) is 2.18. The Morgan fingerprint density at radius 3 is 3.07 bits per heavy atom. The summed E-state index contributed by atoms with van der Waals surface area (Å²) in [6, 6.07) is 0. The first-order valence-electron chi connectivity index (χ1n) is 4.70. The van der Waals surface area contributed by atoms with Crippen molar-refractivity contribution in [2.75, 3.05) is 31.3 Å². The molecule has 0 radical (unpaired) electrons. The van der Waals surface area contributed by atoms with Crippen molar-refractivity contribution in [2.24, 2.45) is 0 Å². The number of nitrogens with two attached hydrogens (primary N) is 1. The summed E-state index contributed by atoms with van der Waals surface area (Å²) in [5, 5.41) is 12.4. The largest absolute Gasteiger partial charge is 0.391 e. The topological polar surface area (TPSA) is 93.3 Å². The second-order valence-electron chi connectivity index (χ2n) is 3.15.